The summed E-state index contributed by atoms with van der Waals surface area (Å²) in [7, 11) is 0. The van der Waals surface area contributed by atoms with Gasteiger partial charge in [-0.1, -0.05) is 6.42 Å². The van der Waals surface area contributed by atoms with Gasteiger partial charge in [-0.3, -0.25) is 4.79 Å². The van der Waals surface area contributed by atoms with Crippen molar-refractivity contribution < 1.29 is 14.3 Å². The fourth-order valence-corrected chi connectivity index (χ4v) is 2.65. The van der Waals surface area contributed by atoms with Crippen molar-refractivity contribution in [2.45, 2.75) is 49.9 Å². The van der Waals surface area contributed by atoms with Crippen molar-refractivity contribution >= 4 is 5.97 Å². The van der Waals surface area contributed by atoms with E-state index < -0.39 is 5.79 Å². The van der Waals surface area contributed by atoms with Crippen molar-refractivity contribution in [2.24, 2.45) is 0 Å². The molecule has 0 aromatic carbocycles. The van der Waals surface area contributed by atoms with Crippen LogP contribution in [0.15, 0.2) is 0 Å². The highest BCUT2D eigenvalue weighted by molar-refractivity contribution is 5.72. The second-order valence-corrected chi connectivity index (χ2v) is 4.03. The van der Waals surface area contributed by atoms with E-state index in [0.29, 0.717) is 6.42 Å². The summed E-state index contributed by atoms with van der Waals surface area (Å²) in [5.74, 6) is -0.536. The first-order valence-electron chi connectivity index (χ1n) is 4.68. The lowest BCUT2D eigenvalue weighted by Gasteiger charge is -2.27. The Balaban J connectivity index is 1.90. The molecule has 0 aromatic rings. The number of epoxide rings is 1. The van der Waals surface area contributed by atoms with Gasteiger partial charge in [0.15, 0.2) is 0 Å². The second kappa shape index (κ2) is 1.84. The van der Waals surface area contributed by atoms with Crippen LogP contribution in [0.3, 0.4) is 0 Å². The Hall–Kier alpha value is -0.570. The van der Waals surface area contributed by atoms with E-state index in [1.54, 1.807) is 0 Å². The average Bonchev–Trinajstić information content (AvgIpc) is 2.72. The van der Waals surface area contributed by atoms with E-state index in [9.17, 15) is 4.79 Å². The topological polar surface area (TPSA) is 38.8 Å². The van der Waals surface area contributed by atoms with Gasteiger partial charge in [-0.15, -0.1) is 0 Å². The van der Waals surface area contributed by atoms with Crippen LogP contribution in [-0.4, -0.2) is 17.4 Å². The minimum absolute atomic E-state index is 0.0425. The van der Waals surface area contributed by atoms with Crippen LogP contribution in [0.1, 0.15) is 38.5 Å². The van der Waals surface area contributed by atoms with Crippen LogP contribution in [0, 0.1) is 0 Å². The number of hydrogen-bond donors (Lipinski definition) is 0. The van der Waals surface area contributed by atoms with Crippen molar-refractivity contribution in [1.29, 1.82) is 0 Å². The Morgan fingerprint density at radius 3 is 2.92 bits per heavy atom. The van der Waals surface area contributed by atoms with E-state index in [1.807, 2.05) is 0 Å². The summed E-state index contributed by atoms with van der Waals surface area (Å²) in [4.78, 5) is 11.0. The van der Waals surface area contributed by atoms with Crippen LogP contribution in [0.2, 0.25) is 0 Å². The zero-order valence-electron chi connectivity index (χ0n) is 6.97. The molecule has 3 aliphatic rings. The maximum absolute atomic E-state index is 11.0. The van der Waals surface area contributed by atoms with Crippen LogP contribution >= 0.6 is 0 Å². The summed E-state index contributed by atoms with van der Waals surface area (Å²) in [6.45, 7) is 0. The molecular formula is C9H12O3. The molecule has 2 saturated heterocycles. The van der Waals surface area contributed by atoms with Crippen LogP contribution < -0.4 is 0 Å². The van der Waals surface area contributed by atoms with E-state index in [4.69, 9.17) is 9.47 Å². The van der Waals surface area contributed by atoms with Gasteiger partial charge >= 0.3 is 5.97 Å². The SMILES string of the molecule is O=C1CCC23CCCCC2(O1)O3. The van der Waals surface area contributed by atoms with Crippen LogP contribution in [-0.2, 0) is 14.3 Å². The Labute approximate surface area is 71.0 Å². The normalized spacial score (nSPS) is 50.5. The number of esters is 1. The minimum Gasteiger partial charge on any atom is -0.430 e. The molecule has 0 bridgehead atoms. The molecule has 3 heteroatoms. The summed E-state index contributed by atoms with van der Waals surface area (Å²) in [5.41, 5.74) is -0.0425. The van der Waals surface area contributed by atoms with Gasteiger partial charge in [-0.2, -0.15) is 0 Å². The third-order valence-electron chi connectivity index (χ3n) is 3.36. The number of hydrogen-bond acceptors (Lipinski definition) is 3. The Morgan fingerprint density at radius 1 is 1.17 bits per heavy atom. The van der Waals surface area contributed by atoms with E-state index in [0.717, 1.165) is 25.7 Å². The molecule has 2 unspecified atom stereocenters. The minimum atomic E-state index is -0.458. The maximum atomic E-state index is 11.0. The third-order valence-corrected chi connectivity index (χ3v) is 3.36. The molecule has 0 aromatic heterocycles. The molecule has 1 saturated carbocycles. The zero-order chi connectivity index (χ0) is 8.23. The molecule has 2 aliphatic heterocycles. The molecule has 66 valence electrons. The fourth-order valence-electron chi connectivity index (χ4n) is 2.65. The quantitative estimate of drug-likeness (QED) is 0.405. The number of carbonyl (C=O) groups excluding carboxylic acids is 1. The van der Waals surface area contributed by atoms with Gasteiger partial charge in [-0.05, 0) is 19.3 Å². The molecule has 3 fully saturated rings. The molecular weight excluding hydrogens is 156 g/mol. The third kappa shape index (κ3) is 0.637. The van der Waals surface area contributed by atoms with Gasteiger partial charge in [0.25, 0.3) is 0 Å². The van der Waals surface area contributed by atoms with Gasteiger partial charge in [0.2, 0.25) is 5.79 Å². The molecule has 0 amide bonds. The van der Waals surface area contributed by atoms with Gasteiger partial charge < -0.3 is 9.47 Å². The number of rotatable bonds is 0. The average molecular weight is 168 g/mol. The predicted octanol–water partition coefficient (Wildman–Crippen LogP) is 1.36. The summed E-state index contributed by atoms with van der Waals surface area (Å²) < 4.78 is 10.9. The highest BCUT2D eigenvalue weighted by Gasteiger charge is 2.75. The molecule has 2 heterocycles. The van der Waals surface area contributed by atoms with Gasteiger partial charge in [-0.25, -0.2) is 0 Å². The highest BCUT2D eigenvalue weighted by atomic mass is 16.8. The summed E-state index contributed by atoms with van der Waals surface area (Å²) >= 11 is 0. The molecule has 12 heavy (non-hydrogen) atoms. The van der Waals surface area contributed by atoms with Crippen molar-refractivity contribution in [3.63, 3.8) is 0 Å². The number of carbonyl (C=O) groups is 1. The predicted molar refractivity (Wildman–Crippen MR) is 40.3 cm³/mol. The Bertz CT molecular complexity index is 250. The van der Waals surface area contributed by atoms with Crippen molar-refractivity contribution in [1.82, 2.24) is 0 Å². The van der Waals surface area contributed by atoms with Crippen LogP contribution in [0.25, 0.3) is 0 Å². The molecule has 1 aliphatic carbocycles. The summed E-state index contributed by atoms with van der Waals surface area (Å²) in [5, 5.41) is 0. The molecule has 3 nitrogen and oxygen atoms in total. The monoisotopic (exact) mass is 168 g/mol. The zero-order valence-corrected chi connectivity index (χ0v) is 6.97. The standard InChI is InChI=1S/C9H12O3/c10-7-3-6-8-4-1-2-5-9(8,11-7)12-8/h1-6H2. The van der Waals surface area contributed by atoms with E-state index >= 15 is 0 Å². The van der Waals surface area contributed by atoms with Gasteiger partial charge in [0.1, 0.15) is 5.60 Å². The lowest BCUT2D eigenvalue weighted by Crippen LogP contribution is -2.38. The molecule has 2 atom stereocenters. The highest BCUT2D eigenvalue weighted by Crippen LogP contribution is 2.62. The largest absolute Gasteiger partial charge is 0.430 e. The van der Waals surface area contributed by atoms with Crippen molar-refractivity contribution in [2.75, 3.05) is 0 Å². The smallest absolute Gasteiger partial charge is 0.308 e. The van der Waals surface area contributed by atoms with E-state index in [2.05, 4.69) is 0 Å². The first-order chi connectivity index (χ1) is 5.77. The van der Waals surface area contributed by atoms with E-state index in [1.165, 1.54) is 6.42 Å². The fraction of sp³-hybridized carbons (Fsp3) is 0.889. The first kappa shape index (κ1) is 6.89. The lowest BCUT2D eigenvalue weighted by atomic mass is 9.82. The summed E-state index contributed by atoms with van der Waals surface area (Å²) in [6, 6.07) is 0. The first-order valence-corrected chi connectivity index (χ1v) is 4.68. The Morgan fingerprint density at radius 2 is 2.00 bits per heavy atom. The second-order valence-electron chi connectivity index (χ2n) is 4.03. The Kier molecular flexibility index (Phi) is 1.06. The van der Waals surface area contributed by atoms with E-state index in [-0.39, 0.29) is 11.6 Å². The van der Waals surface area contributed by atoms with Crippen molar-refractivity contribution in [3.05, 3.63) is 0 Å². The molecule has 0 spiro atoms. The molecule has 3 rings (SSSR count). The lowest BCUT2D eigenvalue weighted by molar-refractivity contribution is -0.163. The van der Waals surface area contributed by atoms with Crippen LogP contribution in [0.4, 0.5) is 0 Å². The van der Waals surface area contributed by atoms with Crippen molar-refractivity contribution in [3.8, 4) is 0 Å². The number of ether oxygens (including phenoxy) is 2. The molecule has 0 N–H and O–H groups in total. The van der Waals surface area contributed by atoms with Crippen LogP contribution in [0.5, 0.6) is 0 Å². The molecule has 0 radical (unpaired) electrons. The maximum Gasteiger partial charge on any atom is 0.308 e. The summed E-state index contributed by atoms with van der Waals surface area (Å²) in [6.07, 6.45) is 5.78. The van der Waals surface area contributed by atoms with Gasteiger partial charge in [0.05, 0.1) is 0 Å². The van der Waals surface area contributed by atoms with Gasteiger partial charge in [0, 0.05) is 12.8 Å².